The molecule has 3 unspecified atom stereocenters. The van der Waals surface area contributed by atoms with Crippen LogP contribution >= 0.6 is 11.8 Å². The van der Waals surface area contributed by atoms with Crippen molar-refractivity contribution in [3.8, 4) is 23.0 Å². The third-order valence-corrected chi connectivity index (χ3v) is 10.4. The van der Waals surface area contributed by atoms with E-state index in [0.717, 1.165) is 25.0 Å². The number of fused-ring (bicyclic) bond motifs is 7. The first-order chi connectivity index (χ1) is 22.2. The monoisotopic (exact) mass is 644 g/mol. The van der Waals surface area contributed by atoms with Crippen molar-refractivity contribution in [1.82, 2.24) is 21.3 Å². The van der Waals surface area contributed by atoms with Crippen molar-refractivity contribution in [2.75, 3.05) is 18.8 Å². The number of carbonyl (C=O) groups excluding carboxylic acids is 4. The zero-order chi connectivity index (χ0) is 32.0. The van der Waals surface area contributed by atoms with E-state index in [1.807, 2.05) is 11.8 Å². The molecule has 4 aliphatic heterocycles. The van der Waals surface area contributed by atoms with E-state index in [2.05, 4.69) is 21.3 Å². The summed E-state index contributed by atoms with van der Waals surface area (Å²) < 4.78 is 12.0. The number of rotatable bonds is 9. The van der Waals surface area contributed by atoms with Crippen molar-refractivity contribution in [2.24, 2.45) is 0 Å². The van der Waals surface area contributed by atoms with Gasteiger partial charge in [0, 0.05) is 64.9 Å². The molecule has 6 N–H and O–H groups in total. The first-order valence-corrected chi connectivity index (χ1v) is 16.2. The van der Waals surface area contributed by atoms with Gasteiger partial charge in [-0.25, -0.2) is 9.59 Å². The molecule has 13 heteroatoms. The third-order valence-electron chi connectivity index (χ3n) is 8.85. The molecule has 0 radical (unpaired) electrons. The number of amides is 4. The largest absolute Gasteiger partial charge is 0.508 e. The van der Waals surface area contributed by atoms with Crippen molar-refractivity contribution in [2.45, 2.75) is 48.6 Å². The molecular weight excluding hydrogens is 612 g/mol. The number of phenols is 2. The minimum atomic E-state index is -1.40. The van der Waals surface area contributed by atoms with Gasteiger partial charge in [0.05, 0.1) is 17.6 Å². The maximum atomic E-state index is 13.3. The molecule has 3 aromatic carbocycles. The Bertz CT molecular complexity index is 1710. The van der Waals surface area contributed by atoms with E-state index in [0.29, 0.717) is 28.4 Å². The number of hydrogen-bond donors (Lipinski definition) is 6. The fourth-order valence-electron chi connectivity index (χ4n) is 6.69. The van der Waals surface area contributed by atoms with Gasteiger partial charge in [0.25, 0.3) is 5.91 Å². The predicted octanol–water partition coefficient (Wildman–Crippen LogP) is 3.24. The second-order valence-corrected chi connectivity index (χ2v) is 13.0. The molecule has 2 fully saturated rings. The first-order valence-electron chi connectivity index (χ1n) is 15.2. The molecule has 2 saturated heterocycles. The van der Waals surface area contributed by atoms with E-state index < -0.39 is 17.5 Å². The fourth-order valence-corrected chi connectivity index (χ4v) is 8.23. The summed E-state index contributed by atoms with van der Waals surface area (Å²) in [5, 5.41) is 32.1. The van der Waals surface area contributed by atoms with Crippen molar-refractivity contribution < 1.29 is 38.9 Å². The van der Waals surface area contributed by atoms with Crippen LogP contribution in [0.1, 0.15) is 63.1 Å². The predicted molar refractivity (Wildman–Crippen MR) is 167 cm³/mol. The molecule has 3 aromatic rings. The highest BCUT2D eigenvalue weighted by Gasteiger charge is 2.53. The fraction of sp³-hybridized carbons (Fsp3) is 0.333. The van der Waals surface area contributed by atoms with Crippen LogP contribution in [0.3, 0.4) is 0 Å². The van der Waals surface area contributed by atoms with Gasteiger partial charge in [-0.15, -0.1) is 0 Å². The summed E-state index contributed by atoms with van der Waals surface area (Å²) in [5.74, 6) is 0.235. The summed E-state index contributed by atoms with van der Waals surface area (Å²) >= 11 is 1.86. The van der Waals surface area contributed by atoms with E-state index in [1.54, 1.807) is 24.3 Å². The minimum absolute atomic E-state index is 0.0408. The van der Waals surface area contributed by atoms with Crippen molar-refractivity contribution in [1.29, 1.82) is 0 Å². The number of esters is 1. The van der Waals surface area contributed by atoms with Gasteiger partial charge >= 0.3 is 12.0 Å². The molecule has 0 saturated carbocycles. The third kappa shape index (κ3) is 5.23. The van der Waals surface area contributed by atoms with Crippen LogP contribution in [0.25, 0.3) is 0 Å². The molecule has 46 heavy (non-hydrogen) atoms. The van der Waals surface area contributed by atoms with Crippen LogP contribution in [0.15, 0.2) is 54.6 Å². The molecule has 4 heterocycles. The average Bonchev–Trinajstić information content (AvgIpc) is 3.68. The van der Waals surface area contributed by atoms with Crippen LogP contribution in [-0.2, 0) is 15.1 Å². The zero-order valence-electron chi connectivity index (χ0n) is 24.6. The van der Waals surface area contributed by atoms with Crippen LogP contribution < -0.4 is 26.0 Å². The number of unbranched alkanes of at least 4 members (excludes halogenated alkanes) is 1. The number of thioether (sulfide) groups is 1. The normalized spacial score (nSPS) is 21.2. The Morgan fingerprint density at radius 3 is 2.33 bits per heavy atom. The van der Waals surface area contributed by atoms with Gasteiger partial charge in [0.15, 0.2) is 5.60 Å². The number of nitrogens with one attached hydrogen (secondary N) is 4. The Morgan fingerprint density at radius 2 is 1.59 bits per heavy atom. The highest BCUT2D eigenvalue weighted by molar-refractivity contribution is 8.00. The number of aromatic hydroxyl groups is 2. The number of hydrogen-bond acceptors (Lipinski definition) is 9. The molecule has 4 aliphatic rings. The topological polar surface area (TPSA) is 175 Å². The standard InChI is InChI=1S/C33H32N4O8S/c38-18-6-9-22-25(14-18)44-26-15-19(39)7-10-23(26)33(22)21-8-5-17(13-20(21)31(42)45-33)30(41)35-12-11-34-28(40)4-2-1-3-27-29-24(16-46-27)36-32(43)37-29/h5-10,13-15,24,27,29,38-39H,1-4,11-12,16H2,(H,34,40)(H,35,41)(H2,36,37,43). The molecule has 12 nitrogen and oxygen atoms in total. The molecule has 7 rings (SSSR count). The van der Waals surface area contributed by atoms with Crippen LogP contribution in [-0.4, -0.2) is 70.2 Å². The Morgan fingerprint density at radius 1 is 0.891 bits per heavy atom. The number of carbonyl (C=O) groups is 4. The van der Waals surface area contributed by atoms with E-state index in [-0.39, 0.29) is 71.2 Å². The second kappa shape index (κ2) is 11.8. The van der Waals surface area contributed by atoms with Crippen molar-refractivity contribution in [3.05, 3.63) is 82.4 Å². The SMILES string of the molecule is O=C(CCCCC1SCC2NC(=O)NC21)NCCNC(=O)c1ccc2c(c1)C(=O)OC21c2ccc(O)cc2Oc2cc(O)ccc21. The number of urea groups is 1. The van der Waals surface area contributed by atoms with Crippen LogP contribution in [0.4, 0.5) is 4.79 Å². The molecule has 3 atom stereocenters. The lowest BCUT2D eigenvalue weighted by Gasteiger charge is -2.36. The van der Waals surface area contributed by atoms with Crippen LogP contribution in [0, 0.1) is 0 Å². The average molecular weight is 645 g/mol. The Labute approximate surface area is 268 Å². The summed E-state index contributed by atoms with van der Waals surface area (Å²) in [5.41, 5.74) is 0.545. The lowest BCUT2D eigenvalue weighted by atomic mass is 9.77. The van der Waals surface area contributed by atoms with E-state index >= 15 is 0 Å². The molecule has 1 spiro atoms. The van der Waals surface area contributed by atoms with Gasteiger partial charge in [-0.3, -0.25) is 9.59 Å². The highest BCUT2D eigenvalue weighted by atomic mass is 32.2. The zero-order valence-corrected chi connectivity index (χ0v) is 25.4. The van der Waals surface area contributed by atoms with E-state index in [4.69, 9.17) is 9.47 Å². The highest BCUT2D eigenvalue weighted by Crippen LogP contribution is 2.57. The van der Waals surface area contributed by atoms with Crippen LogP contribution in [0.2, 0.25) is 0 Å². The lowest BCUT2D eigenvalue weighted by molar-refractivity contribution is -0.121. The second-order valence-electron chi connectivity index (χ2n) is 11.8. The molecule has 4 amide bonds. The van der Waals surface area contributed by atoms with Crippen LogP contribution in [0.5, 0.6) is 23.0 Å². The Balaban J connectivity index is 0.950. The van der Waals surface area contributed by atoms with Gasteiger partial charge in [0.1, 0.15) is 23.0 Å². The van der Waals surface area contributed by atoms with Gasteiger partial charge in [0.2, 0.25) is 5.91 Å². The molecular formula is C33H32N4O8S. The summed E-state index contributed by atoms with van der Waals surface area (Å²) in [6.07, 6.45) is 2.95. The number of benzene rings is 3. The maximum Gasteiger partial charge on any atom is 0.340 e. The maximum absolute atomic E-state index is 13.3. The molecule has 0 aromatic heterocycles. The van der Waals surface area contributed by atoms with Gasteiger partial charge in [-0.05, 0) is 49.2 Å². The molecule has 0 aliphatic carbocycles. The van der Waals surface area contributed by atoms with Gasteiger partial charge in [-0.2, -0.15) is 11.8 Å². The Hall–Kier alpha value is -4.91. The minimum Gasteiger partial charge on any atom is -0.508 e. The Kier molecular flexibility index (Phi) is 7.63. The van der Waals surface area contributed by atoms with Crippen molar-refractivity contribution in [3.63, 3.8) is 0 Å². The van der Waals surface area contributed by atoms with E-state index in [9.17, 15) is 29.4 Å². The molecule has 0 bridgehead atoms. The summed E-state index contributed by atoms with van der Waals surface area (Å²) in [7, 11) is 0. The number of ether oxygens (including phenoxy) is 2. The summed E-state index contributed by atoms with van der Waals surface area (Å²) in [4.78, 5) is 50.1. The van der Waals surface area contributed by atoms with Gasteiger partial charge < -0.3 is 41.0 Å². The lowest BCUT2D eigenvalue weighted by Crippen LogP contribution is -2.36. The summed E-state index contributed by atoms with van der Waals surface area (Å²) in [6.45, 7) is 0.462. The van der Waals surface area contributed by atoms with Gasteiger partial charge in [-0.1, -0.05) is 12.5 Å². The summed E-state index contributed by atoms with van der Waals surface area (Å²) in [6, 6.07) is 14.0. The number of phenolic OH excluding ortho intramolecular Hbond substituents is 2. The molecule has 238 valence electrons. The van der Waals surface area contributed by atoms with Crippen molar-refractivity contribution >= 4 is 35.6 Å². The smallest absolute Gasteiger partial charge is 0.340 e. The quantitative estimate of drug-likeness (QED) is 0.116. The first kappa shape index (κ1) is 29.8. The van der Waals surface area contributed by atoms with E-state index in [1.165, 1.54) is 30.3 Å².